The number of Topliss-reactive ketones (excluding diaryl/α,β-unsaturated/α-hetero) is 2. The maximum absolute atomic E-state index is 11.1. The van der Waals surface area contributed by atoms with Gasteiger partial charge < -0.3 is 5.11 Å². The summed E-state index contributed by atoms with van der Waals surface area (Å²) < 4.78 is 0. The van der Waals surface area contributed by atoms with Crippen LogP contribution in [0, 0.1) is 5.92 Å². The molecule has 1 unspecified atom stereocenters. The van der Waals surface area contributed by atoms with Gasteiger partial charge in [0.25, 0.3) is 0 Å². The first kappa shape index (κ1) is 9.39. The summed E-state index contributed by atoms with van der Waals surface area (Å²) in [5, 5.41) is 8.44. The van der Waals surface area contributed by atoms with Crippen molar-refractivity contribution < 1.29 is 14.7 Å². The van der Waals surface area contributed by atoms with E-state index in [0.717, 1.165) is 12.8 Å². The summed E-state index contributed by atoms with van der Waals surface area (Å²) in [5.74, 6) is 0.232. The molecule has 0 bridgehead atoms. The van der Waals surface area contributed by atoms with Crippen LogP contribution in [0.3, 0.4) is 0 Å². The topological polar surface area (TPSA) is 54.4 Å². The van der Waals surface area contributed by atoms with Gasteiger partial charge in [-0.25, -0.2) is 0 Å². The maximum atomic E-state index is 11.1. The van der Waals surface area contributed by atoms with Gasteiger partial charge in [0.15, 0.2) is 5.78 Å². The number of aliphatic hydroxyl groups excluding tert-OH is 1. The fraction of sp³-hybridized carbons (Fsp3) is 0.778. The van der Waals surface area contributed by atoms with Crippen molar-refractivity contribution in [2.75, 3.05) is 6.61 Å². The summed E-state index contributed by atoms with van der Waals surface area (Å²) in [6.45, 7) is -0.388. The summed E-state index contributed by atoms with van der Waals surface area (Å²) >= 11 is 0. The average Bonchev–Trinajstić information content (AvgIpc) is 2.47. The molecule has 0 aromatic heterocycles. The van der Waals surface area contributed by atoms with Gasteiger partial charge in [0.05, 0.1) is 0 Å². The van der Waals surface area contributed by atoms with E-state index in [1.54, 1.807) is 0 Å². The smallest absolute Gasteiger partial charge is 0.158 e. The molecule has 0 aromatic rings. The van der Waals surface area contributed by atoms with Gasteiger partial charge in [-0.2, -0.15) is 0 Å². The van der Waals surface area contributed by atoms with Gasteiger partial charge in [0.2, 0.25) is 0 Å². The molecule has 0 spiro atoms. The fourth-order valence-corrected chi connectivity index (χ4v) is 1.61. The highest BCUT2D eigenvalue weighted by Crippen LogP contribution is 2.25. The third-order valence-corrected chi connectivity index (χ3v) is 2.38. The Labute approximate surface area is 71.8 Å². The lowest BCUT2D eigenvalue weighted by atomic mass is 9.99. The molecule has 68 valence electrons. The molecule has 0 radical (unpaired) electrons. The number of carbonyl (C=O) groups excluding carboxylic acids is 2. The number of ketones is 2. The fourth-order valence-electron chi connectivity index (χ4n) is 1.61. The van der Waals surface area contributed by atoms with Crippen molar-refractivity contribution >= 4 is 11.6 Å². The zero-order chi connectivity index (χ0) is 8.97. The van der Waals surface area contributed by atoms with E-state index in [2.05, 4.69) is 0 Å². The highest BCUT2D eigenvalue weighted by molar-refractivity contribution is 5.84. The second kappa shape index (κ2) is 4.36. The monoisotopic (exact) mass is 170 g/mol. The summed E-state index contributed by atoms with van der Waals surface area (Å²) in [4.78, 5) is 21.8. The molecule has 0 aromatic carbocycles. The van der Waals surface area contributed by atoms with Crippen molar-refractivity contribution in [1.29, 1.82) is 0 Å². The van der Waals surface area contributed by atoms with Crippen LogP contribution in [0.25, 0.3) is 0 Å². The third kappa shape index (κ3) is 2.41. The second-order valence-corrected chi connectivity index (χ2v) is 3.29. The SMILES string of the molecule is O=C(CO)CCC1CCCC1=O. The molecule has 1 aliphatic rings. The molecule has 1 rings (SSSR count). The van der Waals surface area contributed by atoms with Gasteiger partial charge in [-0.1, -0.05) is 0 Å². The Hall–Kier alpha value is -0.700. The lowest BCUT2D eigenvalue weighted by Gasteiger charge is -2.04. The van der Waals surface area contributed by atoms with Crippen molar-refractivity contribution in [2.24, 2.45) is 5.92 Å². The lowest BCUT2D eigenvalue weighted by molar-refractivity contribution is -0.123. The largest absolute Gasteiger partial charge is 0.389 e. The maximum Gasteiger partial charge on any atom is 0.158 e. The molecule has 3 nitrogen and oxygen atoms in total. The number of carbonyl (C=O) groups is 2. The molecule has 1 N–H and O–H groups in total. The molecule has 1 fully saturated rings. The van der Waals surface area contributed by atoms with Crippen LogP contribution in [0.4, 0.5) is 0 Å². The predicted molar refractivity (Wildman–Crippen MR) is 43.7 cm³/mol. The molecule has 0 saturated heterocycles. The summed E-state index contributed by atoms with van der Waals surface area (Å²) in [6.07, 6.45) is 3.57. The van der Waals surface area contributed by atoms with Crippen LogP contribution in [0.1, 0.15) is 32.1 Å². The van der Waals surface area contributed by atoms with Crippen LogP contribution in [0.5, 0.6) is 0 Å². The van der Waals surface area contributed by atoms with E-state index in [-0.39, 0.29) is 18.3 Å². The van der Waals surface area contributed by atoms with Crippen molar-refractivity contribution in [3.8, 4) is 0 Å². The van der Waals surface area contributed by atoms with E-state index in [1.807, 2.05) is 0 Å². The third-order valence-electron chi connectivity index (χ3n) is 2.38. The first-order chi connectivity index (χ1) is 5.74. The van der Waals surface area contributed by atoms with Gasteiger partial charge in [0.1, 0.15) is 12.4 Å². The van der Waals surface area contributed by atoms with E-state index in [1.165, 1.54) is 0 Å². The Balaban J connectivity index is 2.22. The average molecular weight is 170 g/mol. The lowest BCUT2D eigenvalue weighted by Crippen LogP contribution is -2.10. The van der Waals surface area contributed by atoms with Crippen LogP contribution in [0.15, 0.2) is 0 Å². The van der Waals surface area contributed by atoms with Crippen molar-refractivity contribution in [3.63, 3.8) is 0 Å². The molecule has 3 heteroatoms. The van der Waals surface area contributed by atoms with E-state index < -0.39 is 0 Å². The Morgan fingerprint density at radius 1 is 1.58 bits per heavy atom. The minimum absolute atomic E-state index is 0.0977. The van der Waals surface area contributed by atoms with Crippen LogP contribution >= 0.6 is 0 Å². The van der Waals surface area contributed by atoms with Crippen LogP contribution in [0.2, 0.25) is 0 Å². The molecule has 1 aliphatic carbocycles. The summed E-state index contributed by atoms with van der Waals surface area (Å²) in [6, 6.07) is 0. The van der Waals surface area contributed by atoms with E-state index >= 15 is 0 Å². The highest BCUT2D eigenvalue weighted by atomic mass is 16.3. The summed E-state index contributed by atoms with van der Waals surface area (Å²) in [7, 11) is 0. The first-order valence-electron chi connectivity index (χ1n) is 4.39. The molecule has 12 heavy (non-hydrogen) atoms. The van der Waals surface area contributed by atoms with Crippen LogP contribution < -0.4 is 0 Å². The molecule has 0 heterocycles. The molecular formula is C9H14O3. The Morgan fingerprint density at radius 2 is 2.33 bits per heavy atom. The van der Waals surface area contributed by atoms with Crippen molar-refractivity contribution in [2.45, 2.75) is 32.1 Å². The first-order valence-corrected chi connectivity index (χ1v) is 4.39. The normalized spacial score (nSPS) is 23.1. The molecule has 0 aliphatic heterocycles. The Kier molecular flexibility index (Phi) is 3.41. The zero-order valence-corrected chi connectivity index (χ0v) is 7.08. The summed E-state index contributed by atoms with van der Waals surface area (Å²) in [5.41, 5.74) is 0. The van der Waals surface area contributed by atoms with Crippen molar-refractivity contribution in [3.05, 3.63) is 0 Å². The minimum atomic E-state index is -0.388. The molecule has 1 saturated carbocycles. The quantitative estimate of drug-likeness (QED) is 0.675. The predicted octanol–water partition coefficient (Wildman–Crippen LogP) is 0.697. The van der Waals surface area contributed by atoms with Crippen LogP contribution in [-0.4, -0.2) is 23.3 Å². The number of hydrogen-bond acceptors (Lipinski definition) is 3. The molecule has 0 amide bonds. The van der Waals surface area contributed by atoms with E-state index in [0.29, 0.717) is 25.0 Å². The zero-order valence-electron chi connectivity index (χ0n) is 7.08. The van der Waals surface area contributed by atoms with Gasteiger partial charge in [0, 0.05) is 18.8 Å². The highest BCUT2D eigenvalue weighted by Gasteiger charge is 2.24. The van der Waals surface area contributed by atoms with E-state index in [9.17, 15) is 9.59 Å². The second-order valence-electron chi connectivity index (χ2n) is 3.29. The van der Waals surface area contributed by atoms with E-state index in [4.69, 9.17) is 5.11 Å². The van der Waals surface area contributed by atoms with Gasteiger partial charge >= 0.3 is 0 Å². The van der Waals surface area contributed by atoms with Crippen molar-refractivity contribution in [1.82, 2.24) is 0 Å². The Morgan fingerprint density at radius 3 is 2.83 bits per heavy atom. The number of aliphatic hydroxyl groups is 1. The van der Waals surface area contributed by atoms with Gasteiger partial charge in [-0.05, 0) is 19.3 Å². The molecule has 1 atom stereocenters. The van der Waals surface area contributed by atoms with Crippen LogP contribution in [-0.2, 0) is 9.59 Å². The Bertz CT molecular complexity index is 186. The molecular weight excluding hydrogens is 156 g/mol. The van der Waals surface area contributed by atoms with Gasteiger partial charge in [-0.3, -0.25) is 9.59 Å². The van der Waals surface area contributed by atoms with Gasteiger partial charge in [-0.15, -0.1) is 0 Å². The standard InChI is InChI=1S/C9H14O3/c10-6-8(11)5-4-7-2-1-3-9(7)12/h7,10H,1-6H2. The number of rotatable bonds is 4. The number of hydrogen-bond donors (Lipinski definition) is 1. The minimum Gasteiger partial charge on any atom is -0.389 e.